The number of hydrogen-bond donors (Lipinski definition) is 0. The normalized spacial score (nSPS) is 27.1. The molecule has 0 radical (unpaired) electrons. The maximum absolute atomic E-state index is 5.53. The molecule has 0 aromatic heterocycles. The molecule has 3 heteroatoms. The monoisotopic (exact) mass is 337 g/mol. The molecular formula is C17H24BrNO. The molecule has 1 heterocycles. The van der Waals surface area contributed by atoms with Gasteiger partial charge in [-0.1, -0.05) is 28.8 Å². The van der Waals surface area contributed by atoms with E-state index in [1.54, 1.807) is 7.11 Å². The van der Waals surface area contributed by atoms with Crippen molar-refractivity contribution < 1.29 is 4.74 Å². The Labute approximate surface area is 130 Å². The molecule has 1 aromatic rings. The van der Waals surface area contributed by atoms with Crippen LogP contribution in [0.2, 0.25) is 0 Å². The minimum Gasteiger partial charge on any atom is -0.496 e. The van der Waals surface area contributed by atoms with Crippen molar-refractivity contribution in [2.45, 2.75) is 51.1 Å². The summed E-state index contributed by atoms with van der Waals surface area (Å²) in [6.07, 6.45) is 8.48. The highest BCUT2D eigenvalue weighted by atomic mass is 79.9. The largest absolute Gasteiger partial charge is 0.496 e. The Bertz CT molecular complexity index is 460. The molecule has 110 valence electrons. The van der Waals surface area contributed by atoms with Gasteiger partial charge in [0, 0.05) is 22.6 Å². The molecule has 1 saturated carbocycles. The van der Waals surface area contributed by atoms with Crippen molar-refractivity contribution in [3.05, 3.63) is 28.2 Å². The minimum absolute atomic E-state index is 0.807. The molecule has 1 aromatic carbocycles. The number of benzene rings is 1. The molecule has 2 aliphatic rings. The lowest BCUT2D eigenvalue weighted by atomic mass is 9.78. The van der Waals surface area contributed by atoms with Crippen LogP contribution in [0.3, 0.4) is 0 Å². The number of hydrogen-bond acceptors (Lipinski definition) is 2. The zero-order valence-electron chi connectivity index (χ0n) is 12.3. The highest BCUT2D eigenvalue weighted by molar-refractivity contribution is 9.10. The zero-order valence-corrected chi connectivity index (χ0v) is 13.9. The highest BCUT2D eigenvalue weighted by Gasteiger charge is 2.33. The summed E-state index contributed by atoms with van der Waals surface area (Å²) in [7, 11) is 1.77. The molecule has 20 heavy (non-hydrogen) atoms. The molecule has 0 N–H and O–H groups in total. The summed E-state index contributed by atoms with van der Waals surface area (Å²) in [6, 6.07) is 7.15. The minimum atomic E-state index is 0.807. The number of fused-ring (bicyclic) bond motifs is 1. The Morgan fingerprint density at radius 2 is 2.00 bits per heavy atom. The maximum atomic E-state index is 5.53. The van der Waals surface area contributed by atoms with Crippen LogP contribution in [-0.4, -0.2) is 24.6 Å². The van der Waals surface area contributed by atoms with E-state index in [0.29, 0.717) is 0 Å². The lowest BCUT2D eigenvalue weighted by Crippen LogP contribution is -2.46. The van der Waals surface area contributed by atoms with Crippen LogP contribution < -0.4 is 4.74 Å². The molecule has 3 rings (SSSR count). The first-order chi connectivity index (χ1) is 9.78. The van der Waals surface area contributed by atoms with Gasteiger partial charge in [0.1, 0.15) is 5.75 Å². The number of halogens is 1. The van der Waals surface area contributed by atoms with Gasteiger partial charge in [0.2, 0.25) is 0 Å². The molecule has 0 spiro atoms. The lowest BCUT2D eigenvalue weighted by molar-refractivity contribution is 0.0541. The molecule has 2 nitrogen and oxygen atoms in total. The Morgan fingerprint density at radius 1 is 1.20 bits per heavy atom. The predicted molar refractivity (Wildman–Crippen MR) is 86.1 cm³/mol. The second-order valence-corrected chi connectivity index (χ2v) is 7.10. The van der Waals surface area contributed by atoms with E-state index in [1.807, 2.05) is 0 Å². The fraction of sp³-hybridized carbons (Fsp3) is 0.647. The van der Waals surface area contributed by atoms with E-state index < -0.39 is 0 Å². The second-order valence-electron chi connectivity index (χ2n) is 6.18. The summed E-state index contributed by atoms with van der Waals surface area (Å²) >= 11 is 3.59. The molecule has 0 bridgehead atoms. The smallest absolute Gasteiger partial charge is 0.123 e. The Hall–Kier alpha value is -0.540. The summed E-state index contributed by atoms with van der Waals surface area (Å²) in [4.78, 5) is 2.71. The van der Waals surface area contributed by atoms with E-state index in [4.69, 9.17) is 4.74 Å². The zero-order chi connectivity index (χ0) is 13.9. The summed E-state index contributed by atoms with van der Waals surface area (Å²) in [6.45, 7) is 2.28. The Balaban J connectivity index is 1.77. The van der Waals surface area contributed by atoms with E-state index in [2.05, 4.69) is 39.0 Å². The van der Waals surface area contributed by atoms with Gasteiger partial charge < -0.3 is 4.74 Å². The quantitative estimate of drug-likeness (QED) is 0.798. The van der Waals surface area contributed by atoms with Gasteiger partial charge in [-0.3, -0.25) is 4.90 Å². The Kier molecular flexibility index (Phi) is 4.67. The summed E-state index contributed by atoms with van der Waals surface area (Å²) < 4.78 is 6.67. The SMILES string of the molecule is COc1ccc(Br)cc1CN1CCC[C@H]2CCCC[C@H]21. The van der Waals surface area contributed by atoms with Gasteiger partial charge in [-0.25, -0.2) is 0 Å². The van der Waals surface area contributed by atoms with Gasteiger partial charge in [-0.05, 0) is 56.3 Å². The molecule has 1 aliphatic carbocycles. The van der Waals surface area contributed by atoms with Gasteiger partial charge in [0.25, 0.3) is 0 Å². The maximum Gasteiger partial charge on any atom is 0.123 e. The molecule has 2 atom stereocenters. The van der Waals surface area contributed by atoms with Crippen LogP contribution in [0.15, 0.2) is 22.7 Å². The average molecular weight is 338 g/mol. The van der Waals surface area contributed by atoms with Gasteiger partial charge >= 0.3 is 0 Å². The van der Waals surface area contributed by atoms with Crippen molar-refractivity contribution in [1.29, 1.82) is 0 Å². The van der Waals surface area contributed by atoms with E-state index in [-0.39, 0.29) is 0 Å². The summed E-state index contributed by atoms with van der Waals surface area (Å²) in [5, 5.41) is 0. The van der Waals surface area contributed by atoms with Crippen molar-refractivity contribution in [3.63, 3.8) is 0 Å². The third-order valence-corrected chi connectivity index (χ3v) is 5.47. The fourth-order valence-corrected chi connectivity index (χ4v) is 4.42. The van der Waals surface area contributed by atoms with Crippen LogP contribution in [-0.2, 0) is 6.54 Å². The molecule has 0 unspecified atom stereocenters. The van der Waals surface area contributed by atoms with Crippen LogP contribution in [0.4, 0.5) is 0 Å². The molecule has 2 fully saturated rings. The molecule has 1 saturated heterocycles. The van der Waals surface area contributed by atoms with Crippen molar-refractivity contribution >= 4 is 15.9 Å². The fourth-order valence-electron chi connectivity index (χ4n) is 4.01. The lowest BCUT2D eigenvalue weighted by Gasteiger charge is -2.44. The van der Waals surface area contributed by atoms with Crippen molar-refractivity contribution in [1.82, 2.24) is 4.90 Å². The van der Waals surface area contributed by atoms with Gasteiger partial charge in [-0.15, -0.1) is 0 Å². The van der Waals surface area contributed by atoms with Crippen LogP contribution in [0.25, 0.3) is 0 Å². The van der Waals surface area contributed by atoms with Crippen molar-refractivity contribution in [2.24, 2.45) is 5.92 Å². The third kappa shape index (κ3) is 3.04. The van der Waals surface area contributed by atoms with Crippen molar-refractivity contribution in [2.75, 3.05) is 13.7 Å². The number of methoxy groups -OCH3 is 1. The first-order valence-corrected chi connectivity index (χ1v) is 8.63. The van der Waals surface area contributed by atoms with Crippen LogP contribution in [0.1, 0.15) is 44.1 Å². The molecular weight excluding hydrogens is 314 g/mol. The van der Waals surface area contributed by atoms with E-state index >= 15 is 0 Å². The number of nitrogens with zero attached hydrogens (tertiary/aromatic N) is 1. The molecule has 0 amide bonds. The number of likely N-dealkylation sites (tertiary alicyclic amines) is 1. The summed E-state index contributed by atoms with van der Waals surface area (Å²) in [5.74, 6) is 1.96. The highest BCUT2D eigenvalue weighted by Crippen LogP contribution is 2.37. The molecule has 1 aliphatic heterocycles. The average Bonchev–Trinajstić information content (AvgIpc) is 2.48. The predicted octanol–water partition coefficient (Wildman–Crippen LogP) is 4.61. The van der Waals surface area contributed by atoms with Gasteiger partial charge in [-0.2, -0.15) is 0 Å². The van der Waals surface area contributed by atoms with Gasteiger partial charge in [0.15, 0.2) is 0 Å². The first-order valence-electron chi connectivity index (χ1n) is 7.84. The number of rotatable bonds is 3. The standard InChI is InChI=1S/C17H24BrNO/c1-20-17-9-8-15(18)11-14(17)12-19-10-4-6-13-5-2-3-7-16(13)19/h8-9,11,13,16H,2-7,10,12H2,1H3/t13-,16-/m1/s1. The van der Waals surface area contributed by atoms with Crippen molar-refractivity contribution in [3.8, 4) is 5.75 Å². The van der Waals surface area contributed by atoms with Crippen LogP contribution >= 0.6 is 15.9 Å². The number of piperidine rings is 1. The Morgan fingerprint density at radius 3 is 2.85 bits per heavy atom. The first kappa shape index (κ1) is 14.4. The summed E-state index contributed by atoms with van der Waals surface area (Å²) in [5.41, 5.74) is 1.31. The van der Waals surface area contributed by atoms with E-state index in [9.17, 15) is 0 Å². The van der Waals surface area contributed by atoms with E-state index in [0.717, 1.165) is 28.7 Å². The van der Waals surface area contributed by atoms with Crippen LogP contribution in [0, 0.1) is 5.92 Å². The number of ether oxygens (including phenoxy) is 1. The second kappa shape index (κ2) is 6.48. The topological polar surface area (TPSA) is 12.5 Å². The van der Waals surface area contributed by atoms with Gasteiger partial charge in [0.05, 0.1) is 7.11 Å². The third-order valence-electron chi connectivity index (χ3n) is 4.97. The van der Waals surface area contributed by atoms with E-state index in [1.165, 1.54) is 50.6 Å². The van der Waals surface area contributed by atoms with Crippen LogP contribution in [0.5, 0.6) is 5.75 Å².